The van der Waals surface area contributed by atoms with Crippen LogP contribution in [-0.2, 0) is 26.0 Å². The Balaban J connectivity index is 1.66. The molecule has 0 aliphatic heterocycles. The second-order valence-corrected chi connectivity index (χ2v) is 12.1. The van der Waals surface area contributed by atoms with Gasteiger partial charge in [-0.3, -0.25) is 13.9 Å². The van der Waals surface area contributed by atoms with E-state index < -0.39 is 28.5 Å². The van der Waals surface area contributed by atoms with Crippen molar-refractivity contribution in [2.24, 2.45) is 0 Å². The summed E-state index contributed by atoms with van der Waals surface area (Å²) >= 11 is 0. The van der Waals surface area contributed by atoms with E-state index in [1.54, 1.807) is 47.4 Å². The summed E-state index contributed by atoms with van der Waals surface area (Å²) < 4.78 is 34.1. The highest BCUT2D eigenvalue weighted by atomic mass is 32.2. The lowest BCUT2D eigenvalue weighted by Crippen LogP contribution is -2.54. The molecule has 1 atom stereocenters. The smallest absolute Gasteiger partial charge is 0.264 e. The van der Waals surface area contributed by atoms with Crippen molar-refractivity contribution in [3.8, 4) is 5.75 Å². The average Bonchev–Trinajstić information content (AvgIpc) is 3.51. The number of ether oxygens (including phenoxy) is 1. The molecule has 3 aromatic rings. The number of nitrogens with zero attached hydrogens (tertiary/aromatic N) is 2. The Morgan fingerprint density at radius 2 is 1.54 bits per heavy atom. The summed E-state index contributed by atoms with van der Waals surface area (Å²) in [6.45, 7) is 1.70. The van der Waals surface area contributed by atoms with Gasteiger partial charge in [0.05, 0.1) is 17.7 Å². The van der Waals surface area contributed by atoms with Crippen LogP contribution >= 0.6 is 0 Å². The van der Waals surface area contributed by atoms with Gasteiger partial charge in [0.2, 0.25) is 11.8 Å². The summed E-state index contributed by atoms with van der Waals surface area (Å²) in [6, 6.07) is 23.7. The molecular formula is C32H39N3O5S. The van der Waals surface area contributed by atoms with Crippen LogP contribution in [0.5, 0.6) is 5.75 Å². The molecule has 8 nitrogen and oxygen atoms in total. The fourth-order valence-corrected chi connectivity index (χ4v) is 6.70. The predicted molar refractivity (Wildman–Crippen MR) is 160 cm³/mol. The van der Waals surface area contributed by atoms with Crippen molar-refractivity contribution in [2.75, 3.05) is 24.5 Å². The molecule has 1 fully saturated rings. The van der Waals surface area contributed by atoms with Gasteiger partial charge in [-0.1, -0.05) is 68.3 Å². The zero-order valence-corrected chi connectivity index (χ0v) is 24.6. The average molecular weight is 578 g/mol. The van der Waals surface area contributed by atoms with Crippen molar-refractivity contribution in [3.63, 3.8) is 0 Å². The Labute approximate surface area is 243 Å². The molecule has 2 amide bonds. The van der Waals surface area contributed by atoms with Crippen LogP contribution in [0, 0.1) is 0 Å². The van der Waals surface area contributed by atoms with E-state index in [0.29, 0.717) is 24.3 Å². The molecule has 1 N–H and O–H groups in total. The van der Waals surface area contributed by atoms with Crippen LogP contribution in [0.2, 0.25) is 0 Å². The minimum absolute atomic E-state index is 0.0745. The molecule has 1 saturated carbocycles. The maximum Gasteiger partial charge on any atom is 0.264 e. The van der Waals surface area contributed by atoms with Gasteiger partial charge in [-0.15, -0.1) is 0 Å². The molecule has 9 heteroatoms. The van der Waals surface area contributed by atoms with E-state index in [1.165, 1.54) is 19.2 Å². The van der Waals surface area contributed by atoms with Gasteiger partial charge >= 0.3 is 0 Å². The van der Waals surface area contributed by atoms with Crippen LogP contribution in [0.1, 0.15) is 44.6 Å². The van der Waals surface area contributed by atoms with Crippen molar-refractivity contribution < 1.29 is 22.7 Å². The van der Waals surface area contributed by atoms with Crippen LogP contribution in [0.3, 0.4) is 0 Å². The highest BCUT2D eigenvalue weighted by molar-refractivity contribution is 7.92. The highest BCUT2D eigenvalue weighted by Crippen LogP contribution is 2.26. The molecule has 0 unspecified atom stereocenters. The Kier molecular flexibility index (Phi) is 10.4. The van der Waals surface area contributed by atoms with E-state index in [-0.39, 0.29) is 23.4 Å². The quantitative estimate of drug-likeness (QED) is 0.315. The summed E-state index contributed by atoms with van der Waals surface area (Å²) in [6.07, 6.45) is 4.96. The number of hydrogen-bond acceptors (Lipinski definition) is 5. The lowest BCUT2D eigenvalue weighted by molar-refractivity contribution is -0.139. The second kappa shape index (κ2) is 14.2. The maximum atomic E-state index is 14.1. The molecule has 0 heterocycles. The molecule has 3 aromatic carbocycles. The molecular weight excluding hydrogens is 538 g/mol. The third-order valence-electron chi connectivity index (χ3n) is 7.54. The number of carbonyl (C=O) groups excluding carboxylic acids is 2. The van der Waals surface area contributed by atoms with Gasteiger partial charge in [0.25, 0.3) is 10.0 Å². The number of nitrogens with one attached hydrogen (secondary N) is 1. The summed E-state index contributed by atoms with van der Waals surface area (Å²) in [4.78, 5) is 29.2. The molecule has 0 saturated heterocycles. The third kappa shape index (κ3) is 7.67. The van der Waals surface area contributed by atoms with E-state index in [1.807, 2.05) is 37.3 Å². The number of anilines is 1. The molecule has 0 bridgehead atoms. The number of carbonyl (C=O) groups is 2. The van der Waals surface area contributed by atoms with Crippen molar-refractivity contribution in [1.82, 2.24) is 10.2 Å². The van der Waals surface area contributed by atoms with Gasteiger partial charge in [0, 0.05) is 12.6 Å². The molecule has 0 aromatic heterocycles. The van der Waals surface area contributed by atoms with Crippen LogP contribution in [0.4, 0.5) is 5.69 Å². The third-order valence-corrected chi connectivity index (χ3v) is 9.33. The Morgan fingerprint density at radius 3 is 2.12 bits per heavy atom. The van der Waals surface area contributed by atoms with Crippen molar-refractivity contribution >= 4 is 27.5 Å². The van der Waals surface area contributed by atoms with Crippen molar-refractivity contribution in [1.29, 1.82) is 0 Å². The first-order valence-corrected chi connectivity index (χ1v) is 15.6. The molecule has 218 valence electrons. The first-order chi connectivity index (χ1) is 19.8. The highest BCUT2D eigenvalue weighted by Gasteiger charge is 2.34. The number of methoxy groups -OCH3 is 1. The van der Waals surface area contributed by atoms with Gasteiger partial charge in [-0.2, -0.15) is 0 Å². The van der Waals surface area contributed by atoms with Crippen molar-refractivity contribution in [2.45, 2.75) is 62.4 Å². The van der Waals surface area contributed by atoms with E-state index >= 15 is 0 Å². The largest absolute Gasteiger partial charge is 0.497 e. The van der Waals surface area contributed by atoms with Crippen LogP contribution in [0.15, 0.2) is 89.8 Å². The number of hydrogen-bond donors (Lipinski definition) is 1. The predicted octanol–water partition coefficient (Wildman–Crippen LogP) is 4.80. The monoisotopic (exact) mass is 577 g/mol. The maximum absolute atomic E-state index is 14.1. The number of amides is 2. The zero-order chi connectivity index (χ0) is 29.2. The number of rotatable bonds is 13. The van der Waals surface area contributed by atoms with Crippen LogP contribution in [0.25, 0.3) is 0 Å². The first-order valence-electron chi connectivity index (χ1n) is 14.2. The van der Waals surface area contributed by atoms with E-state index in [2.05, 4.69) is 5.32 Å². The van der Waals surface area contributed by atoms with E-state index in [0.717, 1.165) is 35.6 Å². The standard InChI is InChI=1S/C32H39N3O5S/c1-3-30(32(37)33-26-14-10-11-15-26)34(23-22-25-12-6-4-7-13-25)31(36)24-35(27-18-20-28(40-2)21-19-27)41(38,39)29-16-8-5-9-17-29/h4-9,12-13,16-21,26,30H,3,10-11,14-15,22-24H2,1-2H3,(H,33,37)/t30-/m1/s1. The summed E-state index contributed by atoms with van der Waals surface area (Å²) in [5.41, 5.74) is 1.36. The summed E-state index contributed by atoms with van der Waals surface area (Å²) in [5.74, 6) is -0.0661. The first kappa shape index (κ1) is 30.1. The molecule has 0 spiro atoms. The fraction of sp³-hybridized carbons (Fsp3) is 0.375. The molecule has 1 aliphatic rings. The topological polar surface area (TPSA) is 96.0 Å². The van der Waals surface area contributed by atoms with Gasteiger partial charge < -0.3 is 15.0 Å². The zero-order valence-electron chi connectivity index (χ0n) is 23.7. The Bertz CT molecular complexity index is 1380. The molecule has 41 heavy (non-hydrogen) atoms. The van der Waals surface area contributed by atoms with E-state index in [9.17, 15) is 18.0 Å². The number of benzene rings is 3. The Morgan fingerprint density at radius 1 is 0.927 bits per heavy atom. The lowest BCUT2D eigenvalue weighted by atomic mass is 10.1. The van der Waals surface area contributed by atoms with Crippen LogP contribution < -0.4 is 14.4 Å². The van der Waals surface area contributed by atoms with Crippen molar-refractivity contribution in [3.05, 3.63) is 90.5 Å². The Hall–Kier alpha value is -3.85. The minimum Gasteiger partial charge on any atom is -0.497 e. The number of sulfonamides is 1. The van der Waals surface area contributed by atoms with Gasteiger partial charge in [0.1, 0.15) is 18.3 Å². The molecule has 4 rings (SSSR count). The van der Waals surface area contributed by atoms with Gasteiger partial charge in [-0.05, 0) is 67.6 Å². The summed E-state index contributed by atoms with van der Waals surface area (Å²) in [5, 5.41) is 3.14. The molecule has 0 radical (unpaired) electrons. The van der Waals surface area contributed by atoms with Gasteiger partial charge in [-0.25, -0.2) is 8.42 Å². The second-order valence-electron chi connectivity index (χ2n) is 10.3. The fourth-order valence-electron chi connectivity index (χ4n) is 5.26. The lowest BCUT2D eigenvalue weighted by Gasteiger charge is -2.33. The normalized spacial score (nSPS) is 14.3. The van der Waals surface area contributed by atoms with E-state index in [4.69, 9.17) is 4.74 Å². The SMILES string of the molecule is CC[C@H](C(=O)NC1CCCC1)N(CCc1ccccc1)C(=O)CN(c1ccc(OC)cc1)S(=O)(=O)c1ccccc1. The minimum atomic E-state index is -4.10. The summed E-state index contributed by atoms with van der Waals surface area (Å²) in [7, 11) is -2.57. The molecule has 1 aliphatic carbocycles. The van der Waals surface area contributed by atoms with Gasteiger partial charge in [0.15, 0.2) is 0 Å². The van der Waals surface area contributed by atoms with Crippen LogP contribution in [-0.4, -0.2) is 57.4 Å².